The van der Waals surface area contributed by atoms with Crippen molar-refractivity contribution < 1.29 is 9.59 Å². The highest BCUT2D eigenvalue weighted by atomic mass is 32.2. The number of carbonyl (C=O) groups is 2. The summed E-state index contributed by atoms with van der Waals surface area (Å²) < 4.78 is 0. The standard InChI is InChI=1S/C23H28N2O2S/c1-15-9-10-19(16(2)11-15)25-21(27)14-28-22(25)17-7-6-8-18(12-17)24-20(26)13-23(3,4)5/h6-12,22H,13-14H2,1-5H3,(H,24,26)/t22-/m0/s1. The predicted molar refractivity (Wildman–Crippen MR) is 118 cm³/mol. The monoisotopic (exact) mass is 396 g/mol. The van der Waals surface area contributed by atoms with Crippen molar-refractivity contribution in [3.05, 3.63) is 59.2 Å². The molecule has 2 amide bonds. The van der Waals surface area contributed by atoms with Gasteiger partial charge in [-0.2, -0.15) is 0 Å². The fourth-order valence-corrected chi connectivity index (χ4v) is 4.62. The van der Waals surface area contributed by atoms with Crippen molar-refractivity contribution in [3.63, 3.8) is 0 Å². The van der Waals surface area contributed by atoms with Gasteiger partial charge in [0.15, 0.2) is 0 Å². The lowest BCUT2D eigenvalue weighted by Gasteiger charge is -2.26. The lowest BCUT2D eigenvalue weighted by atomic mass is 9.92. The molecule has 1 atom stereocenters. The highest BCUT2D eigenvalue weighted by molar-refractivity contribution is 8.00. The first-order chi connectivity index (χ1) is 13.1. The van der Waals surface area contributed by atoms with Crippen LogP contribution in [-0.4, -0.2) is 17.6 Å². The van der Waals surface area contributed by atoms with Crippen LogP contribution in [0.4, 0.5) is 11.4 Å². The number of anilines is 2. The molecule has 2 aromatic rings. The third kappa shape index (κ3) is 4.76. The van der Waals surface area contributed by atoms with Crippen molar-refractivity contribution in [2.75, 3.05) is 16.0 Å². The van der Waals surface area contributed by atoms with E-state index < -0.39 is 0 Å². The van der Waals surface area contributed by atoms with Crippen molar-refractivity contribution in [1.82, 2.24) is 0 Å². The van der Waals surface area contributed by atoms with Crippen LogP contribution in [0.1, 0.15) is 49.3 Å². The second-order valence-corrected chi connectivity index (χ2v) is 9.70. The Kier molecular flexibility index (Phi) is 5.84. The van der Waals surface area contributed by atoms with Gasteiger partial charge in [0.2, 0.25) is 11.8 Å². The minimum atomic E-state index is -0.0895. The van der Waals surface area contributed by atoms with E-state index in [9.17, 15) is 9.59 Å². The van der Waals surface area contributed by atoms with Gasteiger partial charge in [-0.25, -0.2) is 0 Å². The van der Waals surface area contributed by atoms with Gasteiger partial charge in [0.05, 0.1) is 5.75 Å². The molecule has 0 aromatic heterocycles. The predicted octanol–water partition coefficient (Wildman–Crippen LogP) is 5.46. The molecule has 0 spiro atoms. The molecule has 0 bridgehead atoms. The van der Waals surface area contributed by atoms with E-state index in [1.807, 2.05) is 69.0 Å². The first-order valence-corrected chi connectivity index (χ1v) is 10.6. The number of rotatable bonds is 4. The normalized spacial score (nSPS) is 17.1. The van der Waals surface area contributed by atoms with Crippen molar-refractivity contribution in [1.29, 1.82) is 0 Å². The Morgan fingerprint density at radius 3 is 2.61 bits per heavy atom. The maximum Gasteiger partial charge on any atom is 0.238 e. The highest BCUT2D eigenvalue weighted by Crippen LogP contribution is 2.43. The van der Waals surface area contributed by atoms with Crippen molar-refractivity contribution >= 4 is 35.0 Å². The minimum Gasteiger partial charge on any atom is -0.326 e. The van der Waals surface area contributed by atoms with Gasteiger partial charge in [-0.3, -0.25) is 14.5 Å². The quantitative estimate of drug-likeness (QED) is 0.747. The minimum absolute atomic E-state index is 0.00559. The molecule has 1 fully saturated rings. The van der Waals surface area contributed by atoms with E-state index in [0.717, 1.165) is 22.5 Å². The van der Waals surface area contributed by atoms with Crippen LogP contribution >= 0.6 is 11.8 Å². The second-order valence-electron chi connectivity index (χ2n) is 8.63. The average molecular weight is 397 g/mol. The van der Waals surface area contributed by atoms with Gasteiger partial charge in [0, 0.05) is 17.8 Å². The molecule has 0 saturated carbocycles. The first-order valence-electron chi connectivity index (χ1n) is 9.55. The van der Waals surface area contributed by atoms with Crippen LogP contribution in [0.5, 0.6) is 0 Å². The van der Waals surface area contributed by atoms with Gasteiger partial charge in [-0.05, 0) is 48.6 Å². The van der Waals surface area contributed by atoms with Crippen LogP contribution in [0.15, 0.2) is 42.5 Å². The molecule has 1 heterocycles. The van der Waals surface area contributed by atoms with Crippen LogP contribution in [0.2, 0.25) is 0 Å². The summed E-state index contributed by atoms with van der Waals surface area (Å²) >= 11 is 1.62. The van der Waals surface area contributed by atoms with E-state index in [1.165, 1.54) is 5.56 Å². The van der Waals surface area contributed by atoms with Crippen molar-refractivity contribution in [3.8, 4) is 0 Å². The third-order valence-electron chi connectivity index (χ3n) is 4.63. The Balaban J connectivity index is 1.86. The second kappa shape index (κ2) is 8.00. The van der Waals surface area contributed by atoms with Gasteiger partial charge >= 0.3 is 0 Å². The number of hydrogen-bond acceptors (Lipinski definition) is 3. The highest BCUT2D eigenvalue weighted by Gasteiger charge is 2.34. The smallest absolute Gasteiger partial charge is 0.238 e. The fraction of sp³-hybridized carbons (Fsp3) is 0.391. The number of amides is 2. The molecule has 1 N–H and O–H groups in total. The van der Waals surface area contributed by atoms with Crippen LogP contribution in [-0.2, 0) is 9.59 Å². The zero-order valence-electron chi connectivity index (χ0n) is 17.2. The number of nitrogens with zero attached hydrogens (tertiary/aromatic N) is 1. The van der Waals surface area contributed by atoms with Crippen molar-refractivity contribution in [2.24, 2.45) is 5.41 Å². The number of carbonyl (C=O) groups excluding carboxylic acids is 2. The van der Waals surface area contributed by atoms with E-state index >= 15 is 0 Å². The van der Waals surface area contributed by atoms with Gasteiger partial charge < -0.3 is 5.32 Å². The molecule has 2 aromatic carbocycles. The molecule has 1 aliphatic rings. The number of benzene rings is 2. The fourth-order valence-electron chi connectivity index (χ4n) is 3.46. The molecule has 28 heavy (non-hydrogen) atoms. The van der Waals surface area contributed by atoms with Crippen molar-refractivity contribution in [2.45, 2.75) is 46.4 Å². The molecule has 0 unspecified atom stereocenters. The van der Waals surface area contributed by atoms with Gasteiger partial charge in [0.1, 0.15) is 5.37 Å². The summed E-state index contributed by atoms with van der Waals surface area (Å²) in [4.78, 5) is 26.8. The molecule has 3 rings (SSSR count). The Morgan fingerprint density at radius 2 is 1.93 bits per heavy atom. The van der Waals surface area contributed by atoms with E-state index in [0.29, 0.717) is 12.2 Å². The van der Waals surface area contributed by atoms with Gasteiger partial charge in [-0.15, -0.1) is 11.8 Å². The number of aryl methyl sites for hydroxylation is 2. The van der Waals surface area contributed by atoms with Crippen LogP contribution in [0, 0.1) is 19.3 Å². The lowest BCUT2D eigenvalue weighted by Crippen LogP contribution is -2.28. The number of hydrogen-bond donors (Lipinski definition) is 1. The van der Waals surface area contributed by atoms with E-state index in [2.05, 4.69) is 18.3 Å². The molecule has 5 heteroatoms. The summed E-state index contributed by atoms with van der Waals surface area (Å²) in [5.41, 5.74) is 4.95. The average Bonchev–Trinajstić information content (AvgIpc) is 2.95. The Hall–Kier alpha value is -2.27. The van der Waals surface area contributed by atoms with E-state index in [-0.39, 0.29) is 22.6 Å². The summed E-state index contributed by atoms with van der Waals surface area (Å²) in [6.45, 7) is 10.2. The molecule has 1 saturated heterocycles. The number of thioether (sulfide) groups is 1. The maximum atomic E-state index is 12.7. The Morgan fingerprint density at radius 1 is 1.18 bits per heavy atom. The van der Waals surface area contributed by atoms with Crippen LogP contribution in [0.25, 0.3) is 0 Å². The summed E-state index contributed by atoms with van der Waals surface area (Å²) in [6.07, 6.45) is 0.461. The van der Waals surface area contributed by atoms with Gasteiger partial charge in [-0.1, -0.05) is 50.6 Å². The van der Waals surface area contributed by atoms with E-state index in [1.54, 1.807) is 11.8 Å². The largest absolute Gasteiger partial charge is 0.326 e. The van der Waals surface area contributed by atoms with Crippen LogP contribution < -0.4 is 10.2 Å². The number of nitrogens with one attached hydrogen (secondary N) is 1. The van der Waals surface area contributed by atoms with E-state index in [4.69, 9.17) is 0 Å². The molecule has 0 aliphatic carbocycles. The SMILES string of the molecule is Cc1ccc(N2C(=O)CS[C@H]2c2cccc(NC(=O)CC(C)(C)C)c2)c(C)c1. The molecular formula is C23H28N2O2S. The molecule has 4 nitrogen and oxygen atoms in total. The summed E-state index contributed by atoms with van der Waals surface area (Å²) in [7, 11) is 0. The molecular weight excluding hydrogens is 368 g/mol. The molecule has 1 aliphatic heterocycles. The Bertz CT molecular complexity index is 902. The molecule has 148 valence electrons. The zero-order chi connectivity index (χ0) is 20.5. The van der Waals surface area contributed by atoms with Gasteiger partial charge in [0.25, 0.3) is 0 Å². The zero-order valence-corrected chi connectivity index (χ0v) is 18.0. The Labute approximate surface area is 171 Å². The summed E-state index contributed by atoms with van der Waals surface area (Å²) in [5, 5.41) is 2.91. The first kappa shape index (κ1) is 20.5. The summed E-state index contributed by atoms with van der Waals surface area (Å²) in [6, 6.07) is 14.0. The summed E-state index contributed by atoms with van der Waals surface area (Å²) in [5.74, 6) is 0.577. The maximum absolute atomic E-state index is 12.7. The topological polar surface area (TPSA) is 49.4 Å². The molecule has 0 radical (unpaired) electrons. The third-order valence-corrected chi connectivity index (χ3v) is 5.84. The lowest BCUT2D eigenvalue weighted by molar-refractivity contribution is -0.118. The van der Waals surface area contributed by atoms with Crippen LogP contribution in [0.3, 0.4) is 0 Å².